The number of aryl methyl sites for hydroxylation is 1. The van der Waals surface area contributed by atoms with E-state index in [-0.39, 0.29) is 5.01 Å². The van der Waals surface area contributed by atoms with Gasteiger partial charge in [0.05, 0.1) is 18.9 Å². The number of carbonyl (C=O) groups excluding carboxylic acids is 1. The van der Waals surface area contributed by atoms with Crippen LogP contribution in [0.2, 0.25) is 0 Å². The van der Waals surface area contributed by atoms with Crippen molar-refractivity contribution in [3.05, 3.63) is 47.9 Å². The van der Waals surface area contributed by atoms with Crippen molar-refractivity contribution in [3.8, 4) is 33.1 Å². The summed E-state index contributed by atoms with van der Waals surface area (Å²) in [4.78, 5) is 21.2. The van der Waals surface area contributed by atoms with Crippen molar-refractivity contribution in [2.75, 3.05) is 32.1 Å². The quantitative estimate of drug-likeness (QED) is 0.399. The van der Waals surface area contributed by atoms with E-state index in [1.165, 1.54) is 7.11 Å². The van der Waals surface area contributed by atoms with Gasteiger partial charge in [-0.3, -0.25) is 4.68 Å². The van der Waals surface area contributed by atoms with E-state index in [0.29, 0.717) is 28.1 Å². The van der Waals surface area contributed by atoms with Crippen LogP contribution in [0.15, 0.2) is 42.9 Å². The van der Waals surface area contributed by atoms with Gasteiger partial charge in [0.25, 0.3) is 0 Å². The summed E-state index contributed by atoms with van der Waals surface area (Å²) in [7, 11) is 3.21. The maximum absolute atomic E-state index is 11.8. The van der Waals surface area contributed by atoms with Crippen molar-refractivity contribution in [3.63, 3.8) is 0 Å². The number of esters is 1. The maximum atomic E-state index is 11.8. The van der Waals surface area contributed by atoms with Gasteiger partial charge in [0.15, 0.2) is 10.8 Å². The van der Waals surface area contributed by atoms with Crippen LogP contribution < -0.4 is 10.6 Å². The average molecular weight is 463 g/mol. The van der Waals surface area contributed by atoms with Gasteiger partial charge in [0, 0.05) is 56.1 Å². The molecule has 168 valence electrons. The molecular formula is C22H22N8O2S. The minimum atomic E-state index is -0.515. The summed E-state index contributed by atoms with van der Waals surface area (Å²) < 4.78 is 6.53. The third-order valence-corrected chi connectivity index (χ3v) is 6.32. The highest BCUT2D eigenvalue weighted by Gasteiger charge is 2.21. The van der Waals surface area contributed by atoms with E-state index in [1.54, 1.807) is 10.9 Å². The Kier molecular flexibility index (Phi) is 5.80. The molecule has 11 heteroatoms. The van der Waals surface area contributed by atoms with Crippen molar-refractivity contribution in [1.29, 1.82) is 0 Å². The molecule has 0 aliphatic carbocycles. The van der Waals surface area contributed by atoms with Crippen LogP contribution in [0.4, 0.5) is 5.82 Å². The Hall–Kier alpha value is -3.70. The Balaban J connectivity index is 1.50. The van der Waals surface area contributed by atoms with Crippen LogP contribution in [-0.2, 0) is 11.8 Å². The molecule has 1 aliphatic rings. The average Bonchev–Trinajstić information content (AvgIpc) is 3.47. The number of nitrogens with one attached hydrogen (secondary N) is 2. The summed E-state index contributed by atoms with van der Waals surface area (Å²) in [6.07, 6.45) is 5.52. The van der Waals surface area contributed by atoms with E-state index < -0.39 is 5.97 Å². The molecule has 0 amide bonds. The second-order valence-corrected chi connectivity index (χ2v) is 8.73. The fourth-order valence-electron chi connectivity index (χ4n) is 3.46. The van der Waals surface area contributed by atoms with Gasteiger partial charge in [-0.15, -0.1) is 10.2 Å². The van der Waals surface area contributed by atoms with Crippen LogP contribution in [0, 0.1) is 5.92 Å². The van der Waals surface area contributed by atoms with Crippen molar-refractivity contribution in [1.82, 2.24) is 35.3 Å². The molecule has 1 saturated heterocycles. The molecule has 4 heterocycles. The topological polar surface area (TPSA) is 120 Å². The minimum Gasteiger partial charge on any atom is -0.464 e. The van der Waals surface area contributed by atoms with Crippen LogP contribution >= 0.6 is 11.3 Å². The number of anilines is 1. The monoisotopic (exact) mass is 462 g/mol. The second kappa shape index (κ2) is 9.04. The van der Waals surface area contributed by atoms with Crippen LogP contribution in [0.5, 0.6) is 0 Å². The lowest BCUT2D eigenvalue weighted by atomic mass is 10.0. The third kappa shape index (κ3) is 4.45. The van der Waals surface area contributed by atoms with Gasteiger partial charge in [0.1, 0.15) is 5.82 Å². The number of hydrogen-bond acceptors (Lipinski definition) is 10. The Labute approximate surface area is 194 Å². The van der Waals surface area contributed by atoms with E-state index in [1.807, 2.05) is 43.7 Å². The van der Waals surface area contributed by atoms with E-state index >= 15 is 0 Å². The van der Waals surface area contributed by atoms with Crippen LogP contribution in [0.3, 0.4) is 0 Å². The first-order chi connectivity index (χ1) is 16.1. The highest BCUT2D eigenvalue weighted by molar-refractivity contribution is 7.16. The lowest BCUT2D eigenvalue weighted by Gasteiger charge is -2.27. The second-order valence-electron chi connectivity index (χ2n) is 7.75. The molecule has 0 atom stereocenters. The highest BCUT2D eigenvalue weighted by atomic mass is 32.1. The van der Waals surface area contributed by atoms with Gasteiger partial charge in [-0.05, 0) is 11.6 Å². The van der Waals surface area contributed by atoms with E-state index in [2.05, 4.69) is 30.9 Å². The first-order valence-electron chi connectivity index (χ1n) is 10.4. The number of aromatic nitrogens is 6. The van der Waals surface area contributed by atoms with Gasteiger partial charge < -0.3 is 15.4 Å². The van der Waals surface area contributed by atoms with Gasteiger partial charge in [-0.2, -0.15) is 5.10 Å². The number of nitrogens with zero attached hydrogens (tertiary/aromatic N) is 6. The standard InChI is InChI=1S/C22H22N8O2S/c1-30-12-16(10-26-30)14-4-3-5-15(6-14)18-25-11-17(19(27-18)24-9-13-7-23-8-13)20-28-29-21(33-20)22(31)32-2/h3-6,10-13,23H,7-9H2,1-2H3,(H,24,25,27). The summed E-state index contributed by atoms with van der Waals surface area (Å²) in [5.41, 5.74) is 3.65. The number of methoxy groups -OCH3 is 1. The molecule has 10 nitrogen and oxygen atoms in total. The fraction of sp³-hybridized carbons (Fsp3) is 0.273. The lowest BCUT2D eigenvalue weighted by Crippen LogP contribution is -2.45. The molecule has 1 aliphatic heterocycles. The molecule has 0 spiro atoms. The first kappa shape index (κ1) is 21.2. The smallest absolute Gasteiger partial charge is 0.369 e. The van der Waals surface area contributed by atoms with Crippen molar-refractivity contribution >= 4 is 23.1 Å². The zero-order valence-electron chi connectivity index (χ0n) is 18.1. The Morgan fingerprint density at radius 1 is 1.24 bits per heavy atom. The molecule has 1 fully saturated rings. The predicted molar refractivity (Wildman–Crippen MR) is 125 cm³/mol. The normalized spacial score (nSPS) is 13.5. The molecule has 0 radical (unpaired) electrons. The summed E-state index contributed by atoms with van der Waals surface area (Å²) in [6.45, 7) is 2.71. The molecule has 0 bridgehead atoms. The van der Waals surface area contributed by atoms with Crippen molar-refractivity contribution in [2.45, 2.75) is 0 Å². The minimum absolute atomic E-state index is 0.190. The SMILES string of the molecule is COC(=O)c1nnc(-c2cnc(-c3cccc(-c4cnn(C)c4)c3)nc2NCC2CNC2)s1. The van der Waals surface area contributed by atoms with Crippen molar-refractivity contribution in [2.24, 2.45) is 13.0 Å². The molecule has 2 N–H and O–H groups in total. The lowest BCUT2D eigenvalue weighted by molar-refractivity contribution is 0.0599. The largest absolute Gasteiger partial charge is 0.464 e. The number of benzene rings is 1. The Morgan fingerprint density at radius 3 is 2.82 bits per heavy atom. The molecule has 1 aromatic carbocycles. The van der Waals surface area contributed by atoms with Gasteiger partial charge in [-0.25, -0.2) is 14.8 Å². The summed E-state index contributed by atoms with van der Waals surface area (Å²) in [5, 5.41) is 19.8. The van der Waals surface area contributed by atoms with Gasteiger partial charge in [0.2, 0.25) is 5.01 Å². The Morgan fingerprint density at radius 2 is 2.09 bits per heavy atom. The van der Waals surface area contributed by atoms with E-state index in [0.717, 1.165) is 47.7 Å². The van der Waals surface area contributed by atoms with Crippen LogP contribution in [0.25, 0.3) is 33.1 Å². The van der Waals surface area contributed by atoms with E-state index in [9.17, 15) is 4.79 Å². The zero-order valence-corrected chi connectivity index (χ0v) is 19.0. The maximum Gasteiger partial charge on any atom is 0.369 e. The Bertz CT molecular complexity index is 1300. The molecule has 33 heavy (non-hydrogen) atoms. The van der Waals surface area contributed by atoms with Gasteiger partial charge >= 0.3 is 5.97 Å². The molecule has 0 saturated carbocycles. The highest BCUT2D eigenvalue weighted by Crippen LogP contribution is 2.32. The number of rotatable bonds is 7. The number of carbonyl (C=O) groups is 1. The van der Waals surface area contributed by atoms with E-state index in [4.69, 9.17) is 9.72 Å². The molecule has 3 aromatic heterocycles. The first-order valence-corrected chi connectivity index (χ1v) is 11.3. The summed E-state index contributed by atoms with van der Waals surface area (Å²) in [5.74, 6) is 1.27. The summed E-state index contributed by atoms with van der Waals surface area (Å²) >= 11 is 1.15. The van der Waals surface area contributed by atoms with Crippen LogP contribution in [-0.4, -0.2) is 62.7 Å². The zero-order chi connectivity index (χ0) is 22.8. The third-order valence-electron chi connectivity index (χ3n) is 5.39. The molecular weight excluding hydrogens is 440 g/mol. The van der Waals surface area contributed by atoms with Crippen molar-refractivity contribution < 1.29 is 9.53 Å². The predicted octanol–water partition coefficient (Wildman–Crippen LogP) is 2.48. The molecule has 4 aromatic rings. The van der Waals surface area contributed by atoms with Gasteiger partial charge in [-0.1, -0.05) is 29.5 Å². The molecule has 0 unspecified atom stereocenters. The molecule has 5 rings (SSSR count). The summed E-state index contributed by atoms with van der Waals surface area (Å²) in [6, 6.07) is 8.05. The van der Waals surface area contributed by atoms with Crippen LogP contribution in [0.1, 0.15) is 9.80 Å². The number of ether oxygens (including phenoxy) is 1. The fourth-order valence-corrected chi connectivity index (χ4v) is 4.23. The number of hydrogen-bond donors (Lipinski definition) is 2.